The number of nitrogens with zero attached hydrogens (tertiary/aromatic N) is 4. The number of hydrogen-bond acceptors (Lipinski definition) is 6. The van der Waals surface area contributed by atoms with Gasteiger partial charge in [-0.15, -0.1) is 5.10 Å². The van der Waals surface area contributed by atoms with Crippen LogP contribution in [-0.4, -0.2) is 44.4 Å². The number of halogens is 1. The van der Waals surface area contributed by atoms with E-state index in [1.165, 1.54) is 24.2 Å². The number of aliphatic hydroxyl groups excluding tert-OH is 1. The number of tetrazole rings is 1. The van der Waals surface area contributed by atoms with E-state index in [-0.39, 0.29) is 36.1 Å². The normalized spacial score (nSPS) is 20.6. The van der Waals surface area contributed by atoms with Gasteiger partial charge in [-0.25, -0.2) is 9.07 Å². The van der Waals surface area contributed by atoms with E-state index in [2.05, 4.69) is 20.8 Å². The molecule has 1 fully saturated rings. The van der Waals surface area contributed by atoms with Crippen molar-refractivity contribution in [1.29, 1.82) is 0 Å². The summed E-state index contributed by atoms with van der Waals surface area (Å²) < 4.78 is 20.4. The third kappa shape index (κ3) is 4.11. The summed E-state index contributed by atoms with van der Waals surface area (Å²) in [5.74, 6) is -0.438. The lowest BCUT2D eigenvalue weighted by atomic mass is 9.75. The molecule has 1 heterocycles. The van der Waals surface area contributed by atoms with Crippen molar-refractivity contribution in [3.63, 3.8) is 0 Å². The minimum atomic E-state index is -0.479. The maximum absolute atomic E-state index is 14.0. The molecule has 134 valence electrons. The van der Waals surface area contributed by atoms with Crippen molar-refractivity contribution in [2.75, 3.05) is 7.11 Å². The van der Waals surface area contributed by atoms with E-state index in [1.54, 1.807) is 12.1 Å². The van der Waals surface area contributed by atoms with Gasteiger partial charge in [-0.1, -0.05) is 6.07 Å². The second-order valence-corrected chi connectivity index (χ2v) is 6.15. The van der Waals surface area contributed by atoms with Crippen LogP contribution in [0.1, 0.15) is 30.9 Å². The average Bonchev–Trinajstić information content (AvgIpc) is 3.09. The Balaban J connectivity index is 1.69. The predicted octanol–water partition coefficient (Wildman–Crippen LogP) is 0.839. The van der Waals surface area contributed by atoms with E-state index >= 15 is 0 Å². The van der Waals surface area contributed by atoms with Crippen LogP contribution in [0.25, 0.3) is 0 Å². The predicted molar refractivity (Wildman–Crippen MR) is 85.0 cm³/mol. The Bertz CT molecular complexity index is 719. The summed E-state index contributed by atoms with van der Waals surface area (Å²) in [5.41, 5.74) is 0.658. The smallest absolute Gasteiger partial charge is 0.222 e. The van der Waals surface area contributed by atoms with Crippen LogP contribution in [-0.2, 0) is 11.3 Å². The quantitative estimate of drug-likeness (QED) is 0.768. The summed E-state index contributed by atoms with van der Waals surface area (Å²) in [6, 6.07) is 4.29. The van der Waals surface area contributed by atoms with Crippen molar-refractivity contribution in [1.82, 2.24) is 25.5 Å². The summed E-state index contributed by atoms with van der Waals surface area (Å²) >= 11 is 0. The van der Waals surface area contributed by atoms with Gasteiger partial charge in [-0.2, -0.15) is 0 Å². The molecule has 0 saturated heterocycles. The van der Waals surface area contributed by atoms with Crippen LogP contribution in [0.3, 0.4) is 0 Å². The van der Waals surface area contributed by atoms with Crippen LogP contribution in [0.5, 0.6) is 5.75 Å². The Morgan fingerprint density at radius 2 is 2.32 bits per heavy atom. The molecule has 1 aromatic heterocycles. The number of amides is 1. The van der Waals surface area contributed by atoms with Gasteiger partial charge in [0.05, 0.1) is 25.8 Å². The van der Waals surface area contributed by atoms with Gasteiger partial charge in [0.2, 0.25) is 5.91 Å². The number of hydrogen-bond donors (Lipinski definition) is 2. The molecular weight excluding hydrogens is 329 g/mol. The second-order valence-electron chi connectivity index (χ2n) is 6.15. The van der Waals surface area contributed by atoms with Crippen molar-refractivity contribution >= 4 is 5.91 Å². The zero-order valence-corrected chi connectivity index (χ0v) is 13.8. The fourth-order valence-corrected chi connectivity index (χ4v) is 3.00. The number of rotatable bonds is 7. The number of carbonyl (C=O) groups excluding carboxylic acids is 1. The van der Waals surface area contributed by atoms with E-state index in [0.29, 0.717) is 24.9 Å². The molecule has 0 aliphatic heterocycles. The van der Waals surface area contributed by atoms with Gasteiger partial charge < -0.3 is 15.2 Å². The molecule has 8 nitrogen and oxygen atoms in total. The van der Waals surface area contributed by atoms with Crippen molar-refractivity contribution in [2.45, 2.75) is 38.0 Å². The Labute approximate surface area is 144 Å². The molecule has 1 saturated carbocycles. The topological polar surface area (TPSA) is 102 Å². The molecule has 9 heteroatoms. The van der Waals surface area contributed by atoms with Crippen LogP contribution < -0.4 is 10.1 Å². The Hall–Kier alpha value is -2.55. The van der Waals surface area contributed by atoms with Gasteiger partial charge >= 0.3 is 0 Å². The van der Waals surface area contributed by atoms with Crippen LogP contribution in [0, 0.1) is 11.7 Å². The van der Waals surface area contributed by atoms with Crippen LogP contribution in [0.4, 0.5) is 4.39 Å². The molecule has 1 unspecified atom stereocenters. The van der Waals surface area contributed by atoms with Crippen LogP contribution >= 0.6 is 0 Å². The highest BCUT2D eigenvalue weighted by Gasteiger charge is 2.35. The standard InChI is InChI=1S/C16H20FN5O3/c1-25-14-3-2-10(8-13(14)17)16(11-6-12(23)7-11)19-15(24)4-5-22-9-18-20-21-22/h2-3,8-9,11-12,16,23H,4-7H2,1H3,(H,19,24). The number of aliphatic hydroxyl groups is 1. The number of ether oxygens (including phenoxy) is 1. The molecule has 1 aromatic carbocycles. The first-order valence-corrected chi connectivity index (χ1v) is 8.08. The van der Waals surface area contributed by atoms with E-state index < -0.39 is 5.82 Å². The SMILES string of the molecule is COc1ccc(C(NC(=O)CCn2cnnn2)C2CC(O)C2)cc1F. The molecule has 0 spiro atoms. The molecule has 1 atom stereocenters. The van der Waals surface area contributed by atoms with E-state index in [4.69, 9.17) is 4.74 Å². The van der Waals surface area contributed by atoms with Crippen LogP contribution in [0.2, 0.25) is 0 Å². The Morgan fingerprint density at radius 1 is 1.52 bits per heavy atom. The molecule has 2 N–H and O–H groups in total. The van der Waals surface area contributed by atoms with Crippen molar-refractivity contribution < 1.29 is 19.0 Å². The minimum absolute atomic E-state index is 0.0692. The number of aromatic nitrogens is 4. The summed E-state index contributed by atoms with van der Waals surface area (Å²) in [4.78, 5) is 12.3. The second kappa shape index (κ2) is 7.56. The fourth-order valence-electron chi connectivity index (χ4n) is 3.00. The van der Waals surface area contributed by atoms with Gasteiger partial charge in [-0.3, -0.25) is 4.79 Å². The maximum Gasteiger partial charge on any atom is 0.222 e. The molecule has 1 aliphatic rings. The van der Waals surface area contributed by atoms with Gasteiger partial charge in [0.1, 0.15) is 6.33 Å². The molecule has 25 heavy (non-hydrogen) atoms. The zero-order valence-electron chi connectivity index (χ0n) is 13.8. The summed E-state index contributed by atoms with van der Waals surface area (Å²) in [6.45, 7) is 0.357. The third-order valence-corrected chi connectivity index (χ3v) is 4.43. The summed E-state index contributed by atoms with van der Waals surface area (Å²) in [7, 11) is 1.40. The largest absolute Gasteiger partial charge is 0.494 e. The van der Waals surface area contributed by atoms with E-state index in [1.807, 2.05) is 0 Å². The first kappa shape index (κ1) is 17.3. The summed E-state index contributed by atoms with van der Waals surface area (Å²) in [6.07, 6.45) is 2.42. The van der Waals surface area contributed by atoms with Crippen molar-refractivity contribution in [3.05, 3.63) is 35.9 Å². The Kier molecular flexibility index (Phi) is 5.22. The lowest BCUT2D eigenvalue weighted by molar-refractivity contribution is -0.123. The monoisotopic (exact) mass is 349 g/mol. The Morgan fingerprint density at radius 3 is 2.92 bits per heavy atom. The van der Waals surface area contributed by atoms with Gasteiger partial charge in [0.25, 0.3) is 0 Å². The van der Waals surface area contributed by atoms with Crippen molar-refractivity contribution in [2.24, 2.45) is 5.92 Å². The molecule has 0 bridgehead atoms. The van der Waals surface area contributed by atoms with E-state index in [9.17, 15) is 14.3 Å². The highest BCUT2D eigenvalue weighted by atomic mass is 19.1. The average molecular weight is 349 g/mol. The number of carbonyl (C=O) groups is 1. The molecule has 0 radical (unpaired) electrons. The lowest BCUT2D eigenvalue weighted by Crippen LogP contribution is -2.41. The summed E-state index contributed by atoms with van der Waals surface area (Å²) in [5, 5.41) is 23.3. The fraction of sp³-hybridized carbons (Fsp3) is 0.500. The molecular formula is C16H20FN5O3. The first-order chi connectivity index (χ1) is 12.1. The van der Waals surface area contributed by atoms with Crippen LogP contribution in [0.15, 0.2) is 24.5 Å². The van der Waals surface area contributed by atoms with Gasteiger partial charge in [0, 0.05) is 6.42 Å². The minimum Gasteiger partial charge on any atom is -0.494 e. The number of benzene rings is 1. The maximum atomic E-state index is 14.0. The molecule has 1 aliphatic carbocycles. The molecule has 1 amide bonds. The number of methoxy groups -OCH3 is 1. The number of aryl methyl sites for hydroxylation is 1. The lowest BCUT2D eigenvalue weighted by Gasteiger charge is -2.38. The van der Waals surface area contributed by atoms with Crippen molar-refractivity contribution in [3.8, 4) is 5.75 Å². The van der Waals surface area contributed by atoms with E-state index in [0.717, 1.165) is 0 Å². The highest BCUT2D eigenvalue weighted by Crippen LogP contribution is 2.39. The van der Waals surface area contributed by atoms with Gasteiger partial charge in [-0.05, 0) is 46.9 Å². The zero-order chi connectivity index (χ0) is 17.8. The molecule has 3 rings (SSSR count). The number of nitrogens with one attached hydrogen (secondary N) is 1. The molecule has 2 aromatic rings. The van der Waals surface area contributed by atoms with Gasteiger partial charge in [0.15, 0.2) is 11.6 Å². The third-order valence-electron chi connectivity index (χ3n) is 4.43. The first-order valence-electron chi connectivity index (χ1n) is 8.08. The highest BCUT2D eigenvalue weighted by molar-refractivity contribution is 5.76.